The molecular formula is C31H42Cl2F2N6O4. The zero-order valence-corrected chi connectivity index (χ0v) is 26.9. The van der Waals surface area contributed by atoms with Gasteiger partial charge in [-0.15, -0.1) is 0 Å². The van der Waals surface area contributed by atoms with Gasteiger partial charge < -0.3 is 54.7 Å². The number of benzene rings is 2. The number of anilines is 2. The van der Waals surface area contributed by atoms with E-state index in [1.165, 1.54) is 15.9 Å². The number of halogens is 4. The number of alkyl halides is 2. The lowest BCUT2D eigenvalue weighted by molar-refractivity contribution is -0.999. The van der Waals surface area contributed by atoms with Crippen LogP contribution in [0.25, 0.3) is 0 Å². The number of carbonyl (C=O) groups excluding carboxylic acids is 2. The van der Waals surface area contributed by atoms with E-state index in [4.69, 9.17) is 4.74 Å². The van der Waals surface area contributed by atoms with Crippen LogP contribution in [0, 0.1) is 0 Å². The highest BCUT2D eigenvalue weighted by Crippen LogP contribution is 2.33. The number of amides is 2. The highest BCUT2D eigenvalue weighted by atomic mass is 35.5. The Morgan fingerprint density at radius 3 is 2.29 bits per heavy atom. The summed E-state index contributed by atoms with van der Waals surface area (Å²) >= 11 is 0. The summed E-state index contributed by atoms with van der Waals surface area (Å²) in [5.41, 5.74) is 1.99. The molecule has 0 bridgehead atoms. The highest BCUT2D eigenvalue weighted by Gasteiger charge is 2.30. The third kappa shape index (κ3) is 10.7. The molecule has 3 fully saturated rings. The summed E-state index contributed by atoms with van der Waals surface area (Å²) in [5.74, 6) is 0.0883. The number of piperazine rings is 1. The predicted molar refractivity (Wildman–Crippen MR) is 159 cm³/mol. The number of hydrogen-bond acceptors (Lipinski definition) is 6. The molecule has 2 aliphatic heterocycles. The Labute approximate surface area is 275 Å². The van der Waals surface area contributed by atoms with Crippen LogP contribution in [-0.4, -0.2) is 88.1 Å². The minimum absolute atomic E-state index is 0. The Kier molecular flexibility index (Phi) is 14.1. The van der Waals surface area contributed by atoms with E-state index in [0.717, 1.165) is 58.3 Å². The molecule has 0 unspecified atom stereocenters. The molecule has 4 N–H and O–H groups in total. The van der Waals surface area contributed by atoms with Crippen molar-refractivity contribution in [3.05, 3.63) is 48.0 Å². The lowest BCUT2D eigenvalue weighted by atomic mass is 10.2. The summed E-state index contributed by atoms with van der Waals surface area (Å²) in [7, 11) is 2.18. The summed E-state index contributed by atoms with van der Waals surface area (Å²) in [4.78, 5) is 28.4. The van der Waals surface area contributed by atoms with Crippen LogP contribution in [0.2, 0.25) is 0 Å². The Hall–Kier alpha value is -3.19. The molecule has 1 aliphatic carbocycles. The summed E-state index contributed by atoms with van der Waals surface area (Å²) in [5, 5.41) is 12.2. The Balaban J connectivity index is 0.00000276. The SMILES string of the molecule is C[NH+]1CC[NH+](CC(=O)Nc2ccc(NC(=O)[C@@H]3CCCN3/N=C/c3ccc(OC(F)F)c(OC4CCCC4)c3)cc2)CC1.[Cl-].[Cl-]. The smallest absolute Gasteiger partial charge is 0.387 e. The van der Waals surface area contributed by atoms with Crippen molar-refractivity contribution >= 4 is 29.4 Å². The molecule has 2 aromatic carbocycles. The second-order valence-corrected chi connectivity index (χ2v) is 11.7. The van der Waals surface area contributed by atoms with E-state index in [9.17, 15) is 18.4 Å². The van der Waals surface area contributed by atoms with Crippen LogP contribution in [0.3, 0.4) is 0 Å². The van der Waals surface area contributed by atoms with Gasteiger partial charge in [0.1, 0.15) is 32.2 Å². The largest absolute Gasteiger partial charge is 1.00 e. The van der Waals surface area contributed by atoms with Gasteiger partial charge in [-0.3, -0.25) is 14.6 Å². The van der Waals surface area contributed by atoms with Crippen molar-refractivity contribution in [2.75, 3.05) is 56.9 Å². The van der Waals surface area contributed by atoms with Gasteiger partial charge in [0, 0.05) is 17.9 Å². The molecule has 5 rings (SSSR count). The van der Waals surface area contributed by atoms with Gasteiger partial charge in [0.15, 0.2) is 18.0 Å². The van der Waals surface area contributed by atoms with Crippen LogP contribution < -0.4 is 54.7 Å². The standard InChI is InChI=1S/C31H40F2N6O4.2ClH/c1-37-15-17-38(18-16-37)21-29(40)35-23-9-11-24(12-10-23)36-30(41)26-7-4-14-39(26)34-20-22-8-13-27(43-31(32)33)28(19-22)42-25-5-2-3-6-25;;/h8-13,19-20,25-26,31H,2-7,14-18,21H2,1H3,(H,35,40)(H,36,41);2*1H/b34-20+;;/t26-;;/m0../s1. The lowest BCUT2D eigenvalue weighted by Gasteiger charge is -2.26. The molecular weight excluding hydrogens is 629 g/mol. The first-order chi connectivity index (χ1) is 20.8. The molecule has 1 atom stereocenters. The number of quaternary nitrogens is 2. The first-order valence-electron chi connectivity index (χ1n) is 15.2. The molecule has 0 radical (unpaired) electrons. The topological polar surface area (TPSA) is 101 Å². The molecule has 248 valence electrons. The number of hydrazone groups is 1. The zero-order valence-electron chi connectivity index (χ0n) is 25.4. The summed E-state index contributed by atoms with van der Waals surface area (Å²) in [6.07, 6.45) is 6.93. The molecule has 2 aromatic rings. The highest BCUT2D eigenvalue weighted by molar-refractivity contribution is 5.96. The molecule has 0 aromatic heterocycles. The van der Waals surface area contributed by atoms with Crippen molar-refractivity contribution in [3.8, 4) is 11.5 Å². The molecule has 2 amide bonds. The first kappa shape index (κ1) is 36.3. The first-order valence-corrected chi connectivity index (χ1v) is 15.2. The van der Waals surface area contributed by atoms with E-state index < -0.39 is 12.7 Å². The lowest BCUT2D eigenvalue weighted by Crippen LogP contribution is -3.27. The van der Waals surface area contributed by atoms with E-state index in [1.54, 1.807) is 47.6 Å². The number of ether oxygens (including phenoxy) is 2. The summed E-state index contributed by atoms with van der Waals surface area (Å²) in [6.45, 7) is 2.25. The average Bonchev–Trinajstić information content (AvgIpc) is 3.68. The van der Waals surface area contributed by atoms with Crippen LogP contribution >= 0.6 is 0 Å². The fourth-order valence-corrected chi connectivity index (χ4v) is 5.87. The van der Waals surface area contributed by atoms with Crippen LogP contribution in [0.5, 0.6) is 11.5 Å². The van der Waals surface area contributed by atoms with E-state index in [1.807, 2.05) is 0 Å². The van der Waals surface area contributed by atoms with E-state index >= 15 is 0 Å². The third-order valence-corrected chi connectivity index (χ3v) is 8.32. The normalized spacial score (nSPS) is 21.7. The van der Waals surface area contributed by atoms with Crippen LogP contribution in [0.1, 0.15) is 44.1 Å². The number of rotatable bonds is 11. The van der Waals surface area contributed by atoms with E-state index in [-0.39, 0.29) is 54.2 Å². The van der Waals surface area contributed by atoms with Gasteiger partial charge in [-0.2, -0.15) is 13.9 Å². The second-order valence-electron chi connectivity index (χ2n) is 11.7. The minimum Gasteiger partial charge on any atom is -1.00 e. The fourth-order valence-electron chi connectivity index (χ4n) is 5.87. The minimum atomic E-state index is -2.95. The van der Waals surface area contributed by atoms with Crippen molar-refractivity contribution in [1.29, 1.82) is 0 Å². The maximum atomic E-state index is 13.1. The van der Waals surface area contributed by atoms with Crippen molar-refractivity contribution in [1.82, 2.24) is 5.01 Å². The van der Waals surface area contributed by atoms with Gasteiger partial charge in [0.05, 0.1) is 19.4 Å². The molecule has 0 spiro atoms. The van der Waals surface area contributed by atoms with Gasteiger partial charge in [-0.25, -0.2) is 0 Å². The zero-order chi connectivity index (χ0) is 30.2. The van der Waals surface area contributed by atoms with Gasteiger partial charge in [-0.05, 0) is 86.6 Å². The summed E-state index contributed by atoms with van der Waals surface area (Å²) < 4.78 is 36.5. The number of likely N-dealkylation sites (N-methyl/N-ethyl adjacent to an activating group) is 1. The monoisotopic (exact) mass is 670 g/mol. The fraction of sp³-hybridized carbons (Fsp3) is 0.516. The second kappa shape index (κ2) is 17.5. The van der Waals surface area contributed by atoms with Gasteiger partial charge >= 0.3 is 6.61 Å². The van der Waals surface area contributed by atoms with Gasteiger partial charge in [-0.1, -0.05) is 0 Å². The molecule has 2 saturated heterocycles. The molecule has 3 aliphatic rings. The molecule has 1 saturated carbocycles. The molecule has 2 heterocycles. The number of hydrogen-bond donors (Lipinski definition) is 4. The van der Waals surface area contributed by atoms with Crippen molar-refractivity contribution in [3.63, 3.8) is 0 Å². The van der Waals surface area contributed by atoms with E-state index in [2.05, 4.69) is 27.5 Å². The molecule has 14 heteroatoms. The van der Waals surface area contributed by atoms with Crippen LogP contribution in [0.4, 0.5) is 20.2 Å². The maximum Gasteiger partial charge on any atom is 0.387 e. The van der Waals surface area contributed by atoms with Gasteiger partial charge in [0.25, 0.3) is 5.91 Å². The number of nitrogens with one attached hydrogen (secondary N) is 4. The Morgan fingerprint density at radius 1 is 0.956 bits per heavy atom. The Morgan fingerprint density at radius 2 is 1.62 bits per heavy atom. The van der Waals surface area contributed by atoms with E-state index in [0.29, 0.717) is 36.4 Å². The van der Waals surface area contributed by atoms with Gasteiger partial charge in [0.2, 0.25) is 5.91 Å². The third-order valence-electron chi connectivity index (χ3n) is 8.32. The predicted octanol–water partition coefficient (Wildman–Crippen LogP) is -4.59. The molecule has 45 heavy (non-hydrogen) atoms. The summed E-state index contributed by atoms with van der Waals surface area (Å²) in [6, 6.07) is 11.4. The van der Waals surface area contributed by atoms with Crippen molar-refractivity contribution < 1.29 is 62.5 Å². The van der Waals surface area contributed by atoms with Crippen molar-refractivity contribution in [2.24, 2.45) is 5.10 Å². The van der Waals surface area contributed by atoms with Crippen LogP contribution in [-0.2, 0) is 9.59 Å². The van der Waals surface area contributed by atoms with Crippen molar-refractivity contribution in [2.45, 2.75) is 57.3 Å². The number of carbonyl (C=O) groups is 2. The molecule has 10 nitrogen and oxygen atoms in total. The quantitative estimate of drug-likeness (QED) is 0.181. The van der Waals surface area contributed by atoms with Crippen LogP contribution in [0.15, 0.2) is 47.6 Å². The number of nitrogens with zero attached hydrogens (tertiary/aromatic N) is 2. The maximum absolute atomic E-state index is 13.1. The Bertz CT molecular complexity index is 1280. The average molecular weight is 672 g/mol.